The number of halogens is 1. The maximum Gasteiger partial charge on any atom is 0.312 e. The average molecular weight is 368 g/mol. The monoisotopic (exact) mass is 367 g/mol. The average Bonchev–Trinajstić information content (AvgIpc) is 2.52. The van der Waals surface area contributed by atoms with Crippen molar-refractivity contribution in [2.45, 2.75) is 82.0 Å². The number of carbonyl (C=O) groups is 2. The zero-order valence-corrected chi connectivity index (χ0v) is 15.9. The fourth-order valence-corrected chi connectivity index (χ4v) is 7.15. The standard InChI is InChI=1S/C20H30ClNO3/c1-13-4-2-3-5-16(13)22-17(23)11-25-18(24)19-7-14-6-15(8-19)10-20(21,9-14)12-19/h13-16H,2-12H2,1H3,(H,22,23)/t13-,14-,15+,16+,19?,20?/m1/s1. The maximum absolute atomic E-state index is 12.8. The summed E-state index contributed by atoms with van der Waals surface area (Å²) in [6.07, 6.45) is 10.4. The zero-order valence-electron chi connectivity index (χ0n) is 15.2. The minimum Gasteiger partial charge on any atom is -0.455 e. The summed E-state index contributed by atoms with van der Waals surface area (Å²) in [5.41, 5.74) is -0.426. The molecule has 6 atom stereocenters. The van der Waals surface area contributed by atoms with Gasteiger partial charge in [0.05, 0.1) is 5.41 Å². The highest BCUT2D eigenvalue weighted by atomic mass is 35.5. The number of nitrogens with one attached hydrogen (secondary N) is 1. The lowest BCUT2D eigenvalue weighted by Crippen LogP contribution is -2.56. The lowest BCUT2D eigenvalue weighted by Gasteiger charge is -2.58. The van der Waals surface area contributed by atoms with Crippen LogP contribution in [0.2, 0.25) is 0 Å². The molecule has 0 aromatic heterocycles. The SMILES string of the molecule is C[C@@H]1CCCC[C@@H]1NC(=O)COC(=O)C12C[C@@H]3C[C@@H](CC(Cl)(C3)C1)C2. The molecule has 0 aromatic carbocycles. The molecule has 0 radical (unpaired) electrons. The summed E-state index contributed by atoms with van der Waals surface area (Å²) < 4.78 is 5.50. The lowest BCUT2D eigenvalue weighted by molar-refractivity contribution is -0.171. The van der Waals surface area contributed by atoms with Gasteiger partial charge >= 0.3 is 5.97 Å². The van der Waals surface area contributed by atoms with E-state index in [0.29, 0.717) is 17.8 Å². The molecule has 2 unspecified atom stereocenters. The minimum atomic E-state index is -0.426. The van der Waals surface area contributed by atoms with Crippen molar-refractivity contribution in [1.29, 1.82) is 0 Å². The van der Waals surface area contributed by atoms with Crippen LogP contribution >= 0.6 is 11.6 Å². The van der Waals surface area contributed by atoms with Crippen molar-refractivity contribution in [2.75, 3.05) is 6.61 Å². The summed E-state index contributed by atoms with van der Waals surface area (Å²) in [5, 5.41) is 3.06. The third-order valence-electron chi connectivity index (χ3n) is 7.21. The van der Waals surface area contributed by atoms with Gasteiger partial charge in [0.15, 0.2) is 6.61 Å². The Labute approximate surface area is 155 Å². The van der Waals surface area contributed by atoms with Crippen LogP contribution < -0.4 is 5.32 Å². The van der Waals surface area contributed by atoms with Crippen LogP contribution in [-0.2, 0) is 14.3 Å². The van der Waals surface area contributed by atoms with Crippen molar-refractivity contribution in [3.63, 3.8) is 0 Å². The van der Waals surface area contributed by atoms with Crippen molar-refractivity contribution in [2.24, 2.45) is 23.2 Å². The zero-order chi connectivity index (χ0) is 17.7. The van der Waals surface area contributed by atoms with Gasteiger partial charge in [0, 0.05) is 10.9 Å². The van der Waals surface area contributed by atoms with Gasteiger partial charge in [0.1, 0.15) is 0 Å². The van der Waals surface area contributed by atoms with Crippen molar-refractivity contribution in [1.82, 2.24) is 5.32 Å². The van der Waals surface area contributed by atoms with Gasteiger partial charge in [-0.15, -0.1) is 11.6 Å². The molecule has 0 aliphatic heterocycles. The molecule has 140 valence electrons. The predicted molar refractivity (Wildman–Crippen MR) is 96.2 cm³/mol. The van der Waals surface area contributed by atoms with Gasteiger partial charge in [0.2, 0.25) is 0 Å². The molecule has 5 rings (SSSR count). The van der Waals surface area contributed by atoms with E-state index in [9.17, 15) is 9.59 Å². The minimum absolute atomic E-state index is 0.144. The number of rotatable bonds is 4. The van der Waals surface area contributed by atoms with E-state index in [4.69, 9.17) is 16.3 Å². The Morgan fingerprint density at radius 3 is 2.44 bits per heavy atom. The third kappa shape index (κ3) is 3.43. The fourth-order valence-electron chi connectivity index (χ4n) is 6.45. The Hall–Kier alpha value is -0.770. The van der Waals surface area contributed by atoms with Crippen LogP contribution in [0.1, 0.15) is 71.1 Å². The summed E-state index contributed by atoms with van der Waals surface area (Å²) in [6.45, 7) is 2.04. The second-order valence-electron chi connectivity index (χ2n) is 9.40. The van der Waals surface area contributed by atoms with Crippen molar-refractivity contribution >= 4 is 23.5 Å². The Morgan fingerprint density at radius 2 is 1.80 bits per heavy atom. The Bertz CT molecular complexity index is 549. The largest absolute Gasteiger partial charge is 0.455 e. The fraction of sp³-hybridized carbons (Fsp3) is 0.900. The number of hydrogen-bond acceptors (Lipinski definition) is 3. The molecule has 0 heterocycles. The molecule has 0 spiro atoms. The van der Waals surface area contributed by atoms with Crippen LogP contribution in [0.3, 0.4) is 0 Å². The van der Waals surface area contributed by atoms with Gasteiger partial charge in [-0.3, -0.25) is 9.59 Å². The van der Waals surface area contributed by atoms with E-state index in [-0.39, 0.29) is 29.4 Å². The summed E-state index contributed by atoms with van der Waals surface area (Å²) in [5.74, 6) is 1.29. The molecule has 4 bridgehead atoms. The van der Waals surface area contributed by atoms with E-state index >= 15 is 0 Å². The molecule has 5 saturated carbocycles. The van der Waals surface area contributed by atoms with Gasteiger partial charge in [-0.25, -0.2) is 0 Å². The van der Waals surface area contributed by atoms with Crippen LogP contribution in [0.15, 0.2) is 0 Å². The number of carbonyl (C=O) groups excluding carboxylic acids is 2. The predicted octanol–water partition coefficient (Wildman–Crippen LogP) is 3.80. The highest BCUT2D eigenvalue weighted by Crippen LogP contribution is 2.64. The summed E-state index contributed by atoms with van der Waals surface area (Å²) >= 11 is 6.79. The first-order chi connectivity index (χ1) is 11.9. The quantitative estimate of drug-likeness (QED) is 0.607. The Balaban J connectivity index is 1.32. The number of alkyl halides is 1. The molecule has 0 aromatic rings. The van der Waals surface area contributed by atoms with Gasteiger partial charge in [-0.1, -0.05) is 19.8 Å². The van der Waals surface area contributed by atoms with Crippen LogP contribution in [0.4, 0.5) is 0 Å². The lowest BCUT2D eigenvalue weighted by atomic mass is 9.49. The van der Waals surface area contributed by atoms with Gasteiger partial charge in [-0.2, -0.15) is 0 Å². The number of esters is 1. The molecule has 5 heteroatoms. The molecule has 1 amide bonds. The molecule has 5 aliphatic rings. The first-order valence-electron chi connectivity index (χ1n) is 10.0. The molecule has 1 N–H and O–H groups in total. The van der Waals surface area contributed by atoms with E-state index in [1.807, 2.05) is 0 Å². The molecule has 4 nitrogen and oxygen atoms in total. The summed E-state index contributed by atoms with van der Waals surface area (Å²) in [6, 6.07) is 0.227. The topological polar surface area (TPSA) is 55.4 Å². The second-order valence-corrected chi connectivity index (χ2v) is 10.2. The van der Waals surface area contributed by atoms with Gasteiger partial charge in [0.25, 0.3) is 5.91 Å². The summed E-state index contributed by atoms with van der Waals surface area (Å²) in [7, 11) is 0. The normalized spacial score (nSPS) is 45.2. The Kier molecular flexibility index (Phi) is 4.54. The maximum atomic E-state index is 12.8. The van der Waals surface area contributed by atoms with Crippen LogP contribution in [0, 0.1) is 23.2 Å². The second kappa shape index (κ2) is 6.44. The molecule has 25 heavy (non-hydrogen) atoms. The molecule has 5 aliphatic carbocycles. The summed E-state index contributed by atoms with van der Waals surface area (Å²) in [4.78, 5) is 24.9. The van der Waals surface area contributed by atoms with Crippen molar-refractivity contribution < 1.29 is 14.3 Å². The van der Waals surface area contributed by atoms with E-state index in [2.05, 4.69) is 12.2 Å². The van der Waals surface area contributed by atoms with E-state index < -0.39 is 5.41 Å². The molecular formula is C20H30ClNO3. The highest BCUT2D eigenvalue weighted by Gasteiger charge is 2.60. The molecular weight excluding hydrogens is 338 g/mol. The van der Waals surface area contributed by atoms with E-state index in [1.165, 1.54) is 19.3 Å². The van der Waals surface area contributed by atoms with Gasteiger partial charge in [-0.05, 0) is 69.1 Å². The van der Waals surface area contributed by atoms with Crippen molar-refractivity contribution in [3.05, 3.63) is 0 Å². The smallest absolute Gasteiger partial charge is 0.312 e. The highest BCUT2D eigenvalue weighted by molar-refractivity contribution is 6.24. The number of hydrogen-bond donors (Lipinski definition) is 1. The molecule has 5 fully saturated rings. The van der Waals surface area contributed by atoms with E-state index in [1.54, 1.807) is 0 Å². The van der Waals surface area contributed by atoms with Crippen molar-refractivity contribution in [3.8, 4) is 0 Å². The van der Waals surface area contributed by atoms with Crippen LogP contribution in [-0.4, -0.2) is 29.4 Å². The molecule has 0 saturated heterocycles. The number of ether oxygens (including phenoxy) is 1. The van der Waals surface area contributed by atoms with Crippen LogP contribution in [0.25, 0.3) is 0 Å². The van der Waals surface area contributed by atoms with Crippen LogP contribution in [0.5, 0.6) is 0 Å². The number of amides is 1. The first-order valence-corrected chi connectivity index (χ1v) is 10.4. The van der Waals surface area contributed by atoms with E-state index in [0.717, 1.165) is 44.9 Å². The first kappa shape index (κ1) is 17.6. The Morgan fingerprint density at radius 1 is 1.12 bits per heavy atom. The third-order valence-corrected chi connectivity index (χ3v) is 7.66. The van der Waals surface area contributed by atoms with Gasteiger partial charge < -0.3 is 10.1 Å².